The Bertz CT molecular complexity index is 816. The van der Waals surface area contributed by atoms with E-state index in [4.69, 9.17) is 14.2 Å². The molecule has 1 saturated heterocycles. The number of hydrogen-bond acceptors (Lipinski definition) is 5. The third-order valence-corrected chi connectivity index (χ3v) is 5.78. The second kappa shape index (κ2) is 12.8. The quantitative estimate of drug-likeness (QED) is 0.336. The molecule has 7 heteroatoms. The summed E-state index contributed by atoms with van der Waals surface area (Å²) in [4.78, 5) is 6.86. The minimum absolute atomic E-state index is 0.566. The van der Waals surface area contributed by atoms with Gasteiger partial charge in [-0.15, -0.1) is 0 Å². The van der Waals surface area contributed by atoms with Gasteiger partial charge in [-0.2, -0.15) is 0 Å². The number of methoxy groups -OCH3 is 2. The first-order valence-corrected chi connectivity index (χ1v) is 11.3. The van der Waals surface area contributed by atoms with Crippen molar-refractivity contribution in [1.82, 2.24) is 15.5 Å². The number of rotatable bonds is 10. The Balaban J connectivity index is 1.29. The Morgan fingerprint density at radius 2 is 1.50 bits per heavy atom. The fourth-order valence-electron chi connectivity index (χ4n) is 3.81. The molecule has 0 spiro atoms. The lowest BCUT2D eigenvalue weighted by Gasteiger charge is -2.32. The van der Waals surface area contributed by atoms with Gasteiger partial charge in [0, 0.05) is 20.1 Å². The zero-order chi connectivity index (χ0) is 22.6. The lowest BCUT2D eigenvalue weighted by atomic mass is 9.96. The minimum atomic E-state index is 0.566. The Labute approximate surface area is 191 Å². The summed E-state index contributed by atoms with van der Waals surface area (Å²) in [5, 5.41) is 6.79. The normalized spacial score (nSPS) is 15.3. The standard InChI is InChI=1S/C25H36N4O3/c1-26-25(27-14-17-32-24-10-8-23(31-3)9-11-24)28-18-20-12-15-29(16-13-20)19-21-4-6-22(30-2)7-5-21/h4-11,20H,12-19H2,1-3H3,(H2,26,27,28). The predicted molar refractivity (Wildman–Crippen MR) is 129 cm³/mol. The molecule has 1 aliphatic rings. The van der Waals surface area contributed by atoms with Crippen LogP contribution in [0.5, 0.6) is 17.2 Å². The van der Waals surface area contributed by atoms with E-state index in [9.17, 15) is 0 Å². The summed E-state index contributed by atoms with van der Waals surface area (Å²) >= 11 is 0. The fraction of sp³-hybridized carbons (Fsp3) is 0.480. The molecule has 2 aromatic rings. The molecule has 7 nitrogen and oxygen atoms in total. The van der Waals surface area contributed by atoms with E-state index in [1.807, 2.05) is 36.4 Å². The van der Waals surface area contributed by atoms with E-state index in [-0.39, 0.29) is 0 Å². The first-order chi connectivity index (χ1) is 15.7. The summed E-state index contributed by atoms with van der Waals surface area (Å²) in [6.45, 7) is 5.44. The first-order valence-electron chi connectivity index (χ1n) is 11.3. The van der Waals surface area contributed by atoms with E-state index in [0.717, 1.165) is 49.4 Å². The monoisotopic (exact) mass is 440 g/mol. The fourth-order valence-corrected chi connectivity index (χ4v) is 3.81. The van der Waals surface area contributed by atoms with Crippen LogP contribution in [0.1, 0.15) is 18.4 Å². The minimum Gasteiger partial charge on any atom is -0.497 e. The van der Waals surface area contributed by atoms with E-state index in [2.05, 4.69) is 32.7 Å². The molecule has 174 valence electrons. The van der Waals surface area contributed by atoms with Crippen LogP contribution < -0.4 is 24.8 Å². The van der Waals surface area contributed by atoms with E-state index in [1.54, 1.807) is 21.3 Å². The highest BCUT2D eigenvalue weighted by molar-refractivity contribution is 5.79. The van der Waals surface area contributed by atoms with Gasteiger partial charge in [0.05, 0.1) is 20.8 Å². The van der Waals surface area contributed by atoms with Gasteiger partial charge in [-0.3, -0.25) is 9.89 Å². The molecule has 1 aliphatic heterocycles. The molecule has 1 fully saturated rings. The highest BCUT2D eigenvalue weighted by Gasteiger charge is 2.19. The summed E-state index contributed by atoms with van der Waals surface area (Å²) < 4.78 is 16.2. The number of hydrogen-bond donors (Lipinski definition) is 2. The number of ether oxygens (including phenoxy) is 3. The molecule has 2 aromatic carbocycles. The average molecular weight is 441 g/mol. The summed E-state index contributed by atoms with van der Waals surface area (Å²) in [5.41, 5.74) is 1.34. The van der Waals surface area contributed by atoms with Gasteiger partial charge in [0.1, 0.15) is 23.9 Å². The number of benzene rings is 2. The zero-order valence-electron chi connectivity index (χ0n) is 19.5. The van der Waals surface area contributed by atoms with Crippen molar-refractivity contribution in [3.63, 3.8) is 0 Å². The zero-order valence-corrected chi connectivity index (χ0v) is 19.5. The van der Waals surface area contributed by atoms with Gasteiger partial charge in [0.15, 0.2) is 5.96 Å². The van der Waals surface area contributed by atoms with Crippen LogP contribution in [0.15, 0.2) is 53.5 Å². The number of guanidine groups is 1. The molecule has 0 amide bonds. The second-order valence-corrected chi connectivity index (χ2v) is 7.97. The van der Waals surface area contributed by atoms with E-state index < -0.39 is 0 Å². The molecular weight excluding hydrogens is 404 g/mol. The van der Waals surface area contributed by atoms with Crippen molar-refractivity contribution in [3.8, 4) is 17.2 Å². The van der Waals surface area contributed by atoms with Gasteiger partial charge < -0.3 is 24.8 Å². The molecule has 0 bridgehead atoms. The highest BCUT2D eigenvalue weighted by atomic mass is 16.5. The molecular formula is C25H36N4O3. The molecule has 0 aromatic heterocycles. The van der Waals surface area contributed by atoms with Crippen molar-refractivity contribution in [1.29, 1.82) is 0 Å². The Morgan fingerprint density at radius 3 is 2.09 bits per heavy atom. The third-order valence-electron chi connectivity index (χ3n) is 5.78. The first kappa shape index (κ1) is 23.7. The number of likely N-dealkylation sites (tertiary alicyclic amines) is 1. The van der Waals surface area contributed by atoms with Crippen molar-refractivity contribution in [3.05, 3.63) is 54.1 Å². The lowest BCUT2D eigenvalue weighted by Crippen LogP contribution is -2.43. The van der Waals surface area contributed by atoms with Crippen LogP contribution in [-0.2, 0) is 6.54 Å². The summed E-state index contributed by atoms with van der Waals surface area (Å²) in [7, 11) is 5.16. The van der Waals surface area contributed by atoms with Crippen LogP contribution in [0.25, 0.3) is 0 Å². The topological polar surface area (TPSA) is 67.4 Å². The van der Waals surface area contributed by atoms with Gasteiger partial charge in [0.2, 0.25) is 0 Å². The van der Waals surface area contributed by atoms with Crippen molar-refractivity contribution in [2.45, 2.75) is 19.4 Å². The van der Waals surface area contributed by atoms with Crippen LogP contribution >= 0.6 is 0 Å². The van der Waals surface area contributed by atoms with E-state index in [1.165, 1.54) is 18.4 Å². The summed E-state index contributed by atoms with van der Waals surface area (Å²) in [5.74, 6) is 4.05. The number of nitrogens with one attached hydrogen (secondary N) is 2. The molecule has 0 unspecified atom stereocenters. The predicted octanol–water partition coefficient (Wildman–Crippen LogP) is 3.16. The molecule has 0 aliphatic carbocycles. The maximum atomic E-state index is 5.76. The third kappa shape index (κ3) is 7.64. The maximum absolute atomic E-state index is 5.76. The molecule has 2 N–H and O–H groups in total. The maximum Gasteiger partial charge on any atom is 0.191 e. The van der Waals surface area contributed by atoms with Crippen LogP contribution in [-0.4, -0.2) is 64.9 Å². The molecule has 0 atom stereocenters. The SMILES string of the molecule is CN=C(NCCOc1ccc(OC)cc1)NCC1CCN(Cc2ccc(OC)cc2)CC1. The largest absolute Gasteiger partial charge is 0.497 e. The molecule has 0 saturated carbocycles. The van der Waals surface area contributed by atoms with Crippen molar-refractivity contribution >= 4 is 5.96 Å². The van der Waals surface area contributed by atoms with Gasteiger partial charge in [0.25, 0.3) is 0 Å². The molecule has 32 heavy (non-hydrogen) atoms. The van der Waals surface area contributed by atoms with Crippen molar-refractivity contribution in [2.75, 3.05) is 54.1 Å². The van der Waals surface area contributed by atoms with Gasteiger partial charge in [-0.1, -0.05) is 12.1 Å². The van der Waals surface area contributed by atoms with Gasteiger partial charge >= 0.3 is 0 Å². The number of aliphatic imine (C=N–C) groups is 1. The smallest absolute Gasteiger partial charge is 0.191 e. The Morgan fingerprint density at radius 1 is 0.906 bits per heavy atom. The summed E-state index contributed by atoms with van der Waals surface area (Å²) in [6, 6.07) is 16.0. The second-order valence-electron chi connectivity index (χ2n) is 7.97. The molecule has 0 radical (unpaired) electrons. The van der Waals surface area contributed by atoms with Crippen LogP contribution in [0.3, 0.4) is 0 Å². The van der Waals surface area contributed by atoms with Crippen molar-refractivity contribution < 1.29 is 14.2 Å². The summed E-state index contributed by atoms with van der Waals surface area (Å²) in [6.07, 6.45) is 2.39. The number of piperidine rings is 1. The Kier molecular flexibility index (Phi) is 9.50. The van der Waals surface area contributed by atoms with E-state index >= 15 is 0 Å². The average Bonchev–Trinajstić information content (AvgIpc) is 2.85. The highest BCUT2D eigenvalue weighted by Crippen LogP contribution is 2.20. The Hall–Kier alpha value is -2.93. The van der Waals surface area contributed by atoms with Crippen molar-refractivity contribution in [2.24, 2.45) is 10.9 Å². The molecule has 1 heterocycles. The van der Waals surface area contributed by atoms with Gasteiger partial charge in [-0.05, 0) is 73.8 Å². The lowest BCUT2D eigenvalue weighted by molar-refractivity contribution is 0.178. The van der Waals surface area contributed by atoms with Crippen LogP contribution in [0.2, 0.25) is 0 Å². The number of nitrogens with zero attached hydrogens (tertiary/aromatic N) is 2. The molecule has 3 rings (SSSR count). The van der Waals surface area contributed by atoms with Gasteiger partial charge in [-0.25, -0.2) is 0 Å². The van der Waals surface area contributed by atoms with Crippen LogP contribution in [0.4, 0.5) is 0 Å². The van der Waals surface area contributed by atoms with Crippen LogP contribution in [0, 0.1) is 5.92 Å². The van der Waals surface area contributed by atoms with E-state index in [0.29, 0.717) is 19.1 Å².